The fraction of sp³-hybridized carbons (Fsp3) is 0.133. The van der Waals surface area contributed by atoms with Gasteiger partial charge in [-0.15, -0.1) is 11.6 Å². The maximum absolute atomic E-state index is 6.33. The van der Waals surface area contributed by atoms with Crippen LogP contribution in [0.4, 0.5) is 0 Å². The summed E-state index contributed by atoms with van der Waals surface area (Å²) in [5, 5.41) is 1.80. The molecule has 0 radical (unpaired) electrons. The van der Waals surface area contributed by atoms with Gasteiger partial charge in [0.1, 0.15) is 11.3 Å². The largest absolute Gasteiger partial charge is 0.295 e. The molecule has 0 saturated heterocycles. The number of benzene rings is 2. The first-order chi connectivity index (χ1) is 10.1. The number of alkyl halides is 1. The van der Waals surface area contributed by atoms with Crippen molar-refractivity contribution >= 4 is 57.4 Å². The number of para-hydroxylation sites is 1. The highest BCUT2D eigenvalue weighted by atomic mass is 35.5. The molecule has 0 atom stereocenters. The van der Waals surface area contributed by atoms with Crippen LogP contribution < -0.4 is 0 Å². The maximum atomic E-state index is 6.33. The average Bonchev–Trinajstić information content (AvgIpc) is 2.82. The summed E-state index contributed by atoms with van der Waals surface area (Å²) < 4.78 is 1.96. The predicted octanol–water partition coefficient (Wildman–Crippen LogP) is 5.77. The molecule has 0 saturated carbocycles. The Balaban J connectivity index is 2.36. The first-order valence-electron chi connectivity index (χ1n) is 6.29. The van der Waals surface area contributed by atoms with E-state index in [-0.39, 0.29) is 0 Å². The van der Waals surface area contributed by atoms with Crippen molar-refractivity contribution < 1.29 is 0 Å². The normalized spacial score (nSPS) is 11.2. The average molecular weight is 360 g/mol. The van der Waals surface area contributed by atoms with Gasteiger partial charge in [-0.1, -0.05) is 40.9 Å². The number of hydrogen-bond donors (Lipinski definition) is 0. The first kappa shape index (κ1) is 15.0. The highest BCUT2D eigenvalue weighted by Gasteiger charge is 2.16. The smallest absolute Gasteiger partial charge is 0.115 e. The second kappa shape index (κ2) is 6.05. The second-order valence-electron chi connectivity index (χ2n) is 4.51. The first-order valence-corrected chi connectivity index (χ1v) is 7.96. The van der Waals surface area contributed by atoms with Crippen LogP contribution in [-0.4, -0.2) is 15.4 Å². The van der Waals surface area contributed by atoms with E-state index in [0.29, 0.717) is 27.4 Å². The van der Waals surface area contributed by atoms with E-state index in [0.717, 1.165) is 22.5 Å². The summed E-state index contributed by atoms with van der Waals surface area (Å²) >= 11 is 24.5. The Hall–Kier alpha value is -0.930. The summed E-state index contributed by atoms with van der Waals surface area (Å²) in [5.74, 6) is 1.26. The Labute approximate surface area is 142 Å². The molecule has 21 heavy (non-hydrogen) atoms. The molecular formula is C15H10Cl4N2. The Morgan fingerprint density at radius 3 is 2.57 bits per heavy atom. The molecule has 3 rings (SSSR count). The van der Waals surface area contributed by atoms with Gasteiger partial charge in [0.15, 0.2) is 0 Å². The SMILES string of the molecule is ClCCc1nc2c(Cl)cccc2n1-c1cc(Cl)ccc1Cl. The lowest BCUT2D eigenvalue weighted by molar-refractivity contribution is 0.912. The molecule has 0 aliphatic heterocycles. The summed E-state index contributed by atoms with van der Waals surface area (Å²) in [7, 11) is 0. The molecule has 3 aromatic rings. The van der Waals surface area contributed by atoms with E-state index in [1.165, 1.54) is 0 Å². The van der Waals surface area contributed by atoms with E-state index in [2.05, 4.69) is 4.98 Å². The van der Waals surface area contributed by atoms with Gasteiger partial charge in [0.25, 0.3) is 0 Å². The molecule has 2 aromatic carbocycles. The number of nitrogens with zero attached hydrogens (tertiary/aromatic N) is 2. The van der Waals surface area contributed by atoms with Crippen molar-refractivity contribution in [2.75, 3.05) is 5.88 Å². The Morgan fingerprint density at radius 2 is 1.81 bits per heavy atom. The van der Waals surface area contributed by atoms with Crippen LogP contribution in [0.15, 0.2) is 36.4 Å². The van der Waals surface area contributed by atoms with Crippen LogP contribution in [0.2, 0.25) is 15.1 Å². The minimum absolute atomic E-state index is 0.457. The molecule has 1 heterocycles. The van der Waals surface area contributed by atoms with Crippen LogP contribution >= 0.6 is 46.4 Å². The van der Waals surface area contributed by atoms with Gasteiger partial charge in [-0.25, -0.2) is 4.98 Å². The molecule has 0 N–H and O–H groups in total. The molecule has 0 amide bonds. The summed E-state index contributed by atoms with van der Waals surface area (Å²) in [6.45, 7) is 0. The Kier molecular flexibility index (Phi) is 4.32. The van der Waals surface area contributed by atoms with Crippen LogP contribution in [0.3, 0.4) is 0 Å². The number of aromatic nitrogens is 2. The zero-order chi connectivity index (χ0) is 15.0. The van der Waals surface area contributed by atoms with Crippen molar-refractivity contribution in [1.29, 1.82) is 0 Å². The van der Waals surface area contributed by atoms with Gasteiger partial charge in [-0.3, -0.25) is 4.57 Å². The van der Waals surface area contributed by atoms with Crippen LogP contribution in [-0.2, 0) is 6.42 Å². The minimum Gasteiger partial charge on any atom is -0.295 e. The lowest BCUT2D eigenvalue weighted by Gasteiger charge is -2.11. The number of rotatable bonds is 3. The zero-order valence-electron chi connectivity index (χ0n) is 10.8. The highest BCUT2D eigenvalue weighted by molar-refractivity contribution is 6.35. The summed E-state index contributed by atoms with van der Waals surface area (Å²) in [4.78, 5) is 4.59. The summed E-state index contributed by atoms with van der Waals surface area (Å²) in [6, 6.07) is 11.0. The molecule has 0 fully saturated rings. The van der Waals surface area contributed by atoms with Gasteiger partial charge in [0.2, 0.25) is 0 Å². The Bertz CT molecular complexity index is 811. The second-order valence-corrected chi connectivity index (χ2v) is 6.13. The molecule has 2 nitrogen and oxygen atoms in total. The van der Waals surface area contributed by atoms with Crippen molar-refractivity contribution in [3.63, 3.8) is 0 Å². The third kappa shape index (κ3) is 2.74. The fourth-order valence-electron chi connectivity index (χ4n) is 2.29. The number of aryl methyl sites for hydroxylation is 1. The van der Waals surface area contributed by atoms with E-state index in [4.69, 9.17) is 46.4 Å². The van der Waals surface area contributed by atoms with E-state index in [9.17, 15) is 0 Å². The van der Waals surface area contributed by atoms with Crippen molar-refractivity contribution in [3.8, 4) is 5.69 Å². The molecule has 0 unspecified atom stereocenters. The Morgan fingerprint density at radius 1 is 1.00 bits per heavy atom. The van der Waals surface area contributed by atoms with E-state index in [1.54, 1.807) is 12.1 Å². The number of fused-ring (bicyclic) bond motifs is 1. The maximum Gasteiger partial charge on any atom is 0.115 e. The highest BCUT2D eigenvalue weighted by Crippen LogP contribution is 2.31. The lowest BCUT2D eigenvalue weighted by atomic mass is 10.2. The van der Waals surface area contributed by atoms with Crippen LogP contribution in [0.25, 0.3) is 16.7 Å². The van der Waals surface area contributed by atoms with Crippen molar-refractivity contribution in [1.82, 2.24) is 9.55 Å². The summed E-state index contributed by atoms with van der Waals surface area (Å²) in [6.07, 6.45) is 0.607. The standard InChI is InChI=1S/C15H10Cl4N2/c16-7-6-14-20-15-11(19)2-1-3-12(15)21(14)13-8-9(17)4-5-10(13)18/h1-5,8H,6-7H2. The van der Waals surface area contributed by atoms with Gasteiger partial charge in [0, 0.05) is 17.3 Å². The third-order valence-electron chi connectivity index (χ3n) is 3.17. The zero-order valence-corrected chi connectivity index (χ0v) is 13.8. The van der Waals surface area contributed by atoms with Gasteiger partial charge in [-0.05, 0) is 30.3 Å². The molecular weight excluding hydrogens is 350 g/mol. The van der Waals surface area contributed by atoms with Crippen LogP contribution in [0.1, 0.15) is 5.82 Å². The number of imidazole rings is 1. The molecule has 108 valence electrons. The van der Waals surface area contributed by atoms with Crippen LogP contribution in [0.5, 0.6) is 0 Å². The van der Waals surface area contributed by atoms with Crippen LogP contribution in [0, 0.1) is 0 Å². The molecule has 0 bridgehead atoms. The number of halogens is 4. The predicted molar refractivity (Wildman–Crippen MR) is 90.5 cm³/mol. The minimum atomic E-state index is 0.457. The quantitative estimate of drug-likeness (QED) is 0.543. The molecule has 0 aliphatic carbocycles. The van der Waals surface area contributed by atoms with Gasteiger partial charge < -0.3 is 0 Å². The van der Waals surface area contributed by atoms with Gasteiger partial charge >= 0.3 is 0 Å². The van der Waals surface area contributed by atoms with Gasteiger partial charge in [0.05, 0.1) is 21.2 Å². The molecule has 0 spiro atoms. The number of hydrogen-bond acceptors (Lipinski definition) is 1. The summed E-state index contributed by atoms with van der Waals surface area (Å²) in [5.41, 5.74) is 2.39. The van der Waals surface area contributed by atoms with Crippen molar-refractivity contribution in [3.05, 3.63) is 57.3 Å². The van der Waals surface area contributed by atoms with E-state index in [1.807, 2.05) is 28.8 Å². The monoisotopic (exact) mass is 358 g/mol. The lowest BCUT2D eigenvalue weighted by Crippen LogP contribution is -2.03. The van der Waals surface area contributed by atoms with E-state index >= 15 is 0 Å². The van der Waals surface area contributed by atoms with Crippen molar-refractivity contribution in [2.45, 2.75) is 6.42 Å². The molecule has 6 heteroatoms. The molecule has 0 aliphatic rings. The fourth-order valence-corrected chi connectivity index (χ4v) is 3.04. The molecule has 1 aromatic heterocycles. The topological polar surface area (TPSA) is 17.8 Å². The van der Waals surface area contributed by atoms with E-state index < -0.39 is 0 Å². The van der Waals surface area contributed by atoms with Gasteiger partial charge in [-0.2, -0.15) is 0 Å². The van der Waals surface area contributed by atoms with Crippen molar-refractivity contribution in [2.24, 2.45) is 0 Å². The third-order valence-corrected chi connectivity index (χ3v) is 4.22.